The predicted molar refractivity (Wildman–Crippen MR) is 94.4 cm³/mol. The van der Waals surface area contributed by atoms with Gasteiger partial charge < -0.3 is 15.4 Å². The van der Waals surface area contributed by atoms with Crippen LogP contribution >= 0.6 is 11.6 Å². The molecule has 140 valence electrons. The van der Waals surface area contributed by atoms with E-state index in [9.17, 15) is 18.0 Å². The molecule has 2 aromatic carbocycles. The number of carbonyl (C=O) groups is 1. The number of para-hydroxylation sites is 1. The van der Waals surface area contributed by atoms with E-state index in [1.165, 1.54) is 6.07 Å². The van der Waals surface area contributed by atoms with Crippen molar-refractivity contribution in [1.82, 2.24) is 5.32 Å². The first-order valence-corrected chi connectivity index (χ1v) is 8.18. The second-order valence-corrected chi connectivity index (χ2v) is 5.86. The molecular formula is C18H18ClF3N2O2. The Kier molecular flexibility index (Phi) is 6.74. The number of alkyl halides is 3. The first-order valence-electron chi connectivity index (χ1n) is 7.80. The molecule has 0 fully saturated rings. The van der Waals surface area contributed by atoms with Crippen LogP contribution in [-0.2, 0) is 17.5 Å². The highest BCUT2D eigenvalue weighted by Crippen LogP contribution is 2.33. The molecular weight excluding hydrogens is 369 g/mol. The Morgan fingerprint density at radius 3 is 2.62 bits per heavy atom. The van der Waals surface area contributed by atoms with Gasteiger partial charge in [-0.05, 0) is 24.3 Å². The van der Waals surface area contributed by atoms with E-state index in [1.807, 2.05) is 18.2 Å². The summed E-state index contributed by atoms with van der Waals surface area (Å²) < 4.78 is 43.4. The topological polar surface area (TPSA) is 50.4 Å². The lowest BCUT2D eigenvalue weighted by atomic mass is 10.2. The normalized spacial score (nSPS) is 11.1. The average molecular weight is 387 g/mol. The lowest BCUT2D eigenvalue weighted by Gasteiger charge is -2.13. The number of rotatable bonds is 7. The molecule has 1 amide bonds. The fourth-order valence-corrected chi connectivity index (χ4v) is 2.46. The van der Waals surface area contributed by atoms with Crippen molar-refractivity contribution in [3.05, 3.63) is 58.6 Å². The van der Waals surface area contributed by atoms with Gasteiger partial charge in [0.2, 0.25) is 5.91 Å². The Bertz CT molecular complexity index is 766. The van der Waals surface area contributed by atoms with E-state index < -0.39 is 11.7 Å². The minimum Gasteiger partial charge on any atom is -0.496 e. The summed E-state index contributed by atoms with van der Waals surface area (Å²) in [6.07, 6.45) is -4.37. The lowest BCUT2D eigenvalue weighted by Crippen LogP contribution is -2.25. The number of halogens is 4. The molecule has 0 unspecified atom stereocenters. The third kappa shape index (κ3) is 5.56. The zero-order chi connectivity index (χ0) is 19.2. The van der Waals surface area contributed by atoms with Crippen molar-refractivity contribution >= 4 is 23.2 Å². The summed E-state index contributed by atoms with van der Waals surface area (Å²) >= 11 is 5.89. The number of hydrogen-bond donors (Lipinski definition) is 2. The standard InChI is InChI=1S/C18H18ClF3N2O2/c1-26-16-5-3-2-4-12(16)11-24-17(25)8-9-23-15-10-13(18(20,21)22)6-7-14(15)19/h2-7,10,23H,8-9,11H2,1H3,(H,24,25). The van der Waals surface area contributed by atoms with E-state index in [0.717, 1.165) is 17.7 Å². The zero-order valence-corrected chi connectivity index (χ0v) is 14.7. The summed E-state index contributed by atoms with van der Waals surface area (Å²) in [5.74, 6) is 0.424. The highest BCUT2D eigenvalue weighted by Gasteiger charge is 2.30. The van der Waals surface area contributed by atoms with Crippen LogP contribution in [0.15, 0.2) is 42.5 Å². The number of anilines is 1. The van der Waals surface area contributed by atoms with E-state index in [-0.39, 0.29) is 29.6 Å². The van der Waals surface area contributed by atoms with Gasteiger partial charge in [0.1, 0.15) is 5.75 Å². The maximum absolute atomic E-state index is 12.7. The maximum atomic E-state index is 12.7. The molecule has 0 heterocycles. The summed E-state index contributed by atoms with van der Waals surface area (Å²) in [7, 11) is 1.55. The number of methoxy groups -OCH3 is 1. The van der Waals surface area contributed by atoms with Crippen LogP contribution in [0.1, 0.15) is 17.5 Å². The van der Waals surface area contributed by atoms with Gasteiger partial charge in [-0.1, -0.05) is 29.8 Å². The van der Waals surface area contributed by atoms with Crippen LogP contribution in [0.3, 0.4) is 0 Å². The molecule has 0 saturated heterocycles. The molecule has 26 heavy (non-hydrogen) atoms. The molecule has 2 N–H and O–H groups in total. The van der Waals surface area contributed by atoms with Crippen LogP contribution in [-0.4, -0.2) is 19.6 Å². The first kappa shape index (κ1) is 19.9. The fraction of sp³-hybridized carbons (Fsp3) is 0.278. The van der Waals surface area contributed by atoms with E-state index in [4.69, 9.17) is 16.3 Å². The molecule has 0 aromatic heterocycles. The molecule has 4 nitrogen and oxygen atoms in total. The van der Waals surface area contributed by atoms with Gasteiger partial charge in [0, 0.05) is 25.1 Å². The molecule has 0 saturated carbocycles. The summed E-state index contributed by atoms with van der Waals surface area (Å²) in [6.45, 7) is 0.450. The zero-order valence-electron chi connectivity index (χ0n) is 14.0. The Morgan fingerprint density at radius 1 is 1.19 bits per heavy atom. The van der Waals surface area contributed by atoms with Gasteiger partial charge in [-0.2, -0.15) is 13.2 Å². The highest BCUT2D eigenvalue weighted by atomic mass is 35.5. The summed E-state index contributed by atoms with van der Waals surface area (Å²) in [5, 5.41) is 5.66. The largest absolute Gasteiger partial charge is 0.496 e. The van der Waals surface area contributed by atoms with Crippen LogP contribution in [0.4, 0.5) is 18.9 Å². The monoisotopic (exact) mass is 386 g/mol. The third-order valence-corrected chi connectivity index (χ3v) is 3.96. The van der Waals surface area contributed by atoms with Gasteiger partial charge in [0.15, 0.2) is 0 Å². The first-order chi connectivity index (χ1) is 12.3. The molecule has 2 rings (SSSR count). The van der Waals surface area contributed by atoms with Crippen LogP contribution < -0.4 is 15.4 Å². The number of amides is 1. The van der Waals surface area contributed by atoms with Crippen molar-refractivity contribution in [3.8, 4) is 5.75 Å². The van der Waals surface area contributed by atoms with E-state index in [0.29, 0.717) is 12.3 Å². The van der Waals surface area contributed by atoms with Crippen molar-refractivity contribution in [2.45, 2.75) is 19.1 Å². The highest BCUT2D eigenvalue weighted by molar-refractivity contribution is 6.33. The second kappa shape index (κ2) is 8.80. The molecule has 0 spiro atoms. The number of carbonyl (C=O) groups excluding carboxylic acids is 1. The Morgan fingerprint density at radius 2 is 1.92 bits per heavy atom. The summed E-state index contributed by atoms with van der Waals surface area (Å²) in [5.41, 5.74) is 0.168. The third-order valence-electron chi connectivity index (χ3n) is 3.63. The van der Waals surface area contributed by atoms with Gasteiger partial charge in [0.25, 0.3) is 0 Å². The number of benzene rings is 2. The minimum absolute atomic E-state index is 0.0850. The summed E-state index contributed by atoms with van der Waals surface area (Å²) in [4.78, 5) is 11.9. The van der Waals surface area contributed by atoms with E-state index >= 15 is 0 Å². The summed E-state index contributed by atoms with van der Waals surface area (Å²) in [6, 6.07) is 10.3. The number of nitrogens with one attached hydrogen (secondary N) is 2. The van der Waals surface area contributed by atoms with E-state index in [1.54, 1.807) is 13.2 Å². The predicted octanol–water partition coefficient (Wildman–Crippen LogP) is 4.49. The van der Waals surface area contributed by atoms with Crippen molar-refractivity contribution < 1.29 is 22.7 Å². The fourth-order valence-electron chi connectivity index (χ4n) is 2.28. The molecule has 0 aliphatic carbocycles. The van der Waals surface area contributed by atoms with Gasteiger partial charge >= 0.3 is 6.18 Å². The average Bonchev–Trinajstić information content (AvgIpc) is 2.60. The Labute approximate surface area is 154 Å². The SMILES string of the molecule is COc1ccccc1CNC(=O)CCNc1cc(C(F)(F)F)ccc1Cl. The van der Waals surface area contributed by atoms with Crippen molar-refractivity contribution in [2.75, 3.05) is 19.0 Å². The van der Waals surface area contributed by atoms with Gasteiger partial charge in [-0.15, -0.1) is 0 Å². The van der Waals surface area contributed by atoms with Crippen LogP contribution in [0, 0.1) is 0 Å². The molecule has 2 aromatic rings. The minimum atomic E-state index is -4.45. The molecule has 8 heteroatoms. The van der Waals surface area contributed by atoms with Gasteiger partial charge in [-0.3, -0.25) is 4.79 Å². The van der Waals surface area contributed by atoms with E-state index in [2.05, 4.69) is 10.6 Å². The Balaban J connectivity index is 1.85. The lowest BCUT2D eigenvalue weighted by molar-refractivity contribution is -0.137. The quantitative estimate of drug-likeness (QED) is 0.737. The van der Waals surface area contributed by atoms with Crippen molar-refractivity contribution in [3.63, 3.8) is 0 Å². The second-order valence-electron chi connectivity index (χ2n) is 5.46. The molecule has 0 aliphatic heterocycles. The van der Waals surface area contributed by atoms with Crippen LogP contribution in [0.5, 0.6) is 5.75 Å². The van der Waals surface area contributed by atoms with Crippen LogP contribution in [0.2, 0.25) is 5.02 Å². The van der Waals surface area contributed by atoms with Crippen LogP contribution in [0.25, 0.3) is 0 Å². The smallest absolute Gasteiger partial charge is 0.416 e. The van der Waals surface area contributed by atoms with Crippen molar-refractivity contribution in [1.29, 1.82) is 0 Å². The number of hydrogen-bond acceptors (Lipinski definition) is 3. The van der Waals surface area contributed by atoms with Gasteiger partial charge in [0.05, 0.1) is 23.4 Å². The van der Waals surface area contributed by atoms with Crippen molar-refractivity contribution in [2.24, 2.45) is 0 Å². The molecule has 0 radical (unpaired) electrons. The van der Waals surface area contributed by atoms with Gasteiger partial charge in [-0.25, -0.2) is 0 Å². The maximum Gasteiger partial charge on any atom is 0.416 e. The number of ether oxygens (including phenoxy) is 1. The molecule has 0 aliphatic rings. The molecule has 0 bridgehead atoms. The molecule has 0 atom stereocenters. The Hall–Kier alpha value is -2.41.